The Kier molecular flexibility index (Phi) is 3.39. The highest BCUT2D eigenvalue weighted by Gasteiger charge is 2.27. The van der Waals surface area contributed by atoms with E-state index >= 15 is 0 Å². The summed E-state index contributed by atoms with van der Waals surface area (Å²) in [6.07, 6.45) is 1.27. The van der Waals surface area contributed by atoms with Crippen LogP contribution in [0.4, 0.5) is 10.1 Å². The molecule has 0 atom stereocenters. The number of carboxylic acid groups (broad SMARTS) is 1. The summed E-state index contributed by atoms with van der Waals surface area (Å²) in [5, 5.41) is 12.9. The number of carbonyl (C=O) groups is 2. The summed E-state index contributed by atoms with van der Waals surface area (Å²) < 4.78 is 19.3. The molecule has 2 aromatic carbocycles. The van der Waals surface area contributed by atoms with Crippen LogP contribution < -0.4 is 16.1 Å². The number of fused-ring (bicyclic) bond motifs is 2. The van der Waals surface area contributed by atoms with Crippen molar-refractivity contribution < 1.29 is 23.5 Å². The lowest BCUT2D eigenvalue weighted by Gasteiger charge is -1.96. The second kappa shape index (κ2) is 5.59. The van der Waals surface area contributed by atoms with E-state index in [0.29, 0.717) is 33.0 Å². The minimum Gasteiger partial charge on any atom is -0.481 e. The van der Waals surface area contributed by atoms with E-state index in [1.807, 2.05) is 6.07 Å². The Morgan fingerprint density at radius 2 is 1.96 bits per heavy atom. The van der Waals surface area contributed by atoms with Gasteiger partial charge in [0.2, 0.25) is 0 Å². The summed E-state index contributed by atoms with van der Waals surface area (Å²) in [6.45, 7) is 0. The largest absolute Gasteiger partial charge is 0.481 e. The molecule has 25 heavy (non-hydrogen) atoms. The van der Waals surface area contributed by atoms with E-state index in [0.717, 1.165) is 5.39 Å². The number of aliphatic carboxylic acids is 1. The van der Waals surface area contributed by atoms with Crippen LogP contribution in [0, 0.1) is 5.82 Å². The first kappa shape index (κ1) is 15.1. The van der Waals surface area contributed by atoms with Crippen molar-refractivity contribution in [1.82, 2.24) is 0 Å². The van der Waals surface area contributed by atoms with E-state index in [-0.39, 0.29) is 12.3 Å². The molecule has 0 bridgehead atoms. The number of benzene rings is 2. The van der Waals surface area contributed by atoms with E-state index < -0.39 is 11.8 Å². The third-order valence-corrected chi connectivity index (χ3v) is 4.06. The summed E-state index contributed by atoms with van der Waals surface area (Å²) >= 11 is 0. The Bertz CT molecular complexity index is 1160. The van der Waals surface area contributed by atoms with Crippen LogP contribution in [0.2, 0.25) is 0 Å². The van der Waals surface area contributed by atoms with Gasteiger partial charge in [-0.3, -0.25) is 9.59 Å². The molecule has 2 N–H and O–H groups in total. The second-order valence-electron chi connectivity index (χ2n) is 5.66. The Morgan fingerprint density at radius 1 is 1.20 bits per heavy atom. The molecule has 0 aliphatic carbocycles. The highest BCUT2D eigenvalue weighted by Crippen LogP contribution is 2.30. The van der Waals surface area contributed by atoms with Crippen LogP contribution in [-0.4, -0.2) is 17.0 Å². The van der Waals surface area contributed by atoms with Gasteiger partial charge in [-0.2, -0.15) is 0 Å². The van der Waals surface area contributed by atoms with Gasteiger partial charge in [-0.25, -0.2) is 4.39 Å². The van der Waals surface area contributed by atoms with Crippen molar-refractivity contribution >= 4 is 40.0 Å². The summed E-state index contributed by atoms with van der Waals surface area (Å²) in [6, 6.07) is 11.3. The van der Waals surface area contributed by atoms with Gasteiger partial charge in [-0.15, -0.1) is 0 Å². The van der Waals surface area contributed by atoms with Crippen molar-refractivity contribution in [2.45, 2.75) is 6.42 Å². The molecule has 6 heteroatoms. The lowest BCUT2D eigenvalue weighted by Crippen LogP contribution is -2.14. The van der Waals surface area contributed by atoms with Crippen LogP contribution >= 0.6 is 0 Å². The fourth-order valence-corrected chi connectivity index (χ4v) is 3.00. The number of amides is 1. The molecule has 0 saturated carbocycles. The Hall–Kier alpha value is -3.41. The number of anilines is 1. The number of hydrogen-bond acceptors (Lipinski definition) is 3. The van der Waals surface area contributed by atoms with Crippen LogP contribution in [0.15, 0.2) is 46.9 Å². The Morgan fingerprint density at radius 3 is 2.72 bits per heavy atom. The average molecular weight is 337 g/mol. The van der Waals surface area contributed by atoms with E-state index in [2.05, 4.69) is 5.32 Å². The molecule has 1 aromatic heterocycles. The van der Waals surface area contributed by atoms with Crippen LogP contribution in [0.25, 0.3) is 22.4 Å². The zero-order valence-electron chi connectivity index (χ0n) is 12.9. The molecule has 5 nitrogen and oxygen atoms in total. The SMILES string of the molecule is O=C(O)C/C=c1\o/c(=C2/C(=O)Nc3cc(F)ccc32)c2ccccc12. The van der Waals surface area contributed by atoms with Crippen LogP contribution in [0.3, 0.4) is 0 Å². The molecule has 1 aliphatic rings. The molecule has 0 unspecified atom stereocenters. The van der Waals surface area contributed by atoms with Crippen molar-refractivity contribution in [3.63, 3.8) is 0 Å². The fraction of sp³-hybridized carbons (Fsp3) is 0.0526. The molecule has 2 heterocycles. The highest BCUT2D eigenvalue weighted by atomic mass is 19.1. The van der Waals surface area contributed by atoms with Crippen LogP contribution in [-0.2, 0) is 9.59 Å². The van der Waals surface area contributed by atoms with Gasteiger partial charge in [0, 0.05) is 16.3 Å². The van der Waals surface area contributed by atoms with Crippen molar-refractivity contribution in [1.29, 1.82) is 0 Å². The van der Waals surface area contributed by atoms with Gasteiger partial charge in [0.25, 0.3) is 5.91 Å². The molecular weight excluding hydrogens is 325 g/mol. The van der Waals surface area contributed by atoms with Gasteiger partial charge in [0.05, 0.1) is 17.7 Å². The molecule has 0 radical (unpaired) electrons. The number of halogens is 1. The van der Waals surface area contributed by atoms with E-state index in [1.165, 1.54) is 24.3 Å². The fourth-order valence-electron chi connectivity index (χ4n) is 3.00. The van der Waals surface area contributed by atoms with Crippen molar-refractivity contribution in [2.24, 2.45) is 0 Å². The van der Waals surface area contributed by atoms with Gasteiger partial charge in [0.15, 0.2) is 0 Å². The standard InChI is InChI=1S/C19H12FNO4/c20-10-5-6-13-14(9-10)21-19(24)17(13)18-12-4-2-1-3-11(12)15(25-18)7-8-16(22)23/h1-7,9H,8H2,(H,21,24)(H,22,23)/b15-7-,18-17+. The highest BCUT2D eigenvalue weighted by molar-refractivity contribution is 6.31. The number of nitrogens with one attached hydrogen (secondary N) is 1. The van der Waals surface area contributed by atoms with Gasteiger partial charge < -0.3 is 14.8 Å². The molecule has 0 saturated heterocycles. The molecule has 0 fully saturated rings. The van der Waals surface area contributed by atoms with Crippen molar-refractivity contribution in [3.05, 3.63) is 64.7 Å². The predicted octanol–water partition coefficient (Wildman–Crippen LogP) is 1.98. The summed E-state index contributed by atoms with van der Waals surface area (Å²) in [5.74, 6) is -1.81. The zero-order chi connectivity index (χ0) is 17.6. The first-order valence-corrected chi connectivity index (χ1v) is 7.59. The Balaban J connectivity index is 2.09. The molecular formula is C19H12FNO4. The molecule has 1 aliphatic heterocycles. The molecule has 4 rings (SSSR count). The average Bonchev–Trinajstić information content (AvgIpc) is 3.09. The zero-order valence-corrected chi connectivity index (χ0v) is 12.9. The number of hydrogen-bond donors (Lipinski definition) is 2. The van der Waals surface area contributed by atoms with Crippen LogP contribution in [0.1, 0.15) is 12.0 Å². The summed E-state index contributed by atoms with van der Waals surface area (Å²) in [4.78, 5) is 23.3. The lowest BCUT2D eigenvalue weighted by molar-refractivity contribution is -0.135. The second-order valence-corrected chi connectivity index (χ2v) is 5.66. The predicted molar refractivity (Wildman–Crippen MR) is 89.7 cm³/mol. The minimum absolute atomic E-state index is 0.194. The quantitative estimate of drug-likeness (QED) is 0.749. The number of carboxylic acids is 1. The molecule has 124 valence electrons. The third-order valence-electron chi connectivity index (χ3n) is 4.06. The summed E-state index contributed by atoms with van der Waals surface area (Å²) in [7, 11) is 0. The van der Waals surface area contributed by atoms with E-state index in [9.17, 15) is 14.0 Å². The lowest BCUT2D eigenvalue weighted by atomic mass is 10.1. The van der Waals surface area contributed by atoms with E-state index in [4.69, 9.17) is 9.52 Å². The number of rotatable bonds is 2. The minimum atomic E-state index is -0.978. The van der Waals surface area contributed by atoms with Crippen LogP contribution in [0.5, 0.6) is 0 Å². The van der Waals surface area contributed by atoms with Gasteiger partial charge in [-0.05, 0) is 24.3 Å². The first-order chi connectivity index (χ1) is 12.0. The molecule has 0 spiro atoms. The van der Waals surface area contributed by atoms with E-state index in [1.54, 1.807) is 18.2 Å². The van der Waals surface area contributed by atoms with Gasteiger partial charge in [0.1, 0.15) is 16.6 Å². The number of furan rings is 1. The Labute approximate surface area is 140 Å². The molecule has 3 aromatic rings. The van der Waals surface area contributed by atoms with Crippen molar-refractivity contribution in [3.8, 4) is 0 Å². The van der Waals surface area contributed by atoms with Crippen molar-refractivity contribution in [2.75, 3.05) is 5.32 Å². The third kappa shape index (κ3) is 2.48. The number of carbonyl (C=O) groups excluding carboxylic acids is 1. The summed E-state index contributed by atoms with van der Waals surface area (Å²) in [5.41, 5.74) is 1.98. The topological polar surface area (TPSA) is 79.5 Å². The normalized spacial score (nSPS) is 16.2. The molecule has 1 amide bonds. The maximum Gasteiger partial charge on any atom is 0.307 e. The monoisotopic (exact) mass is 337 g/mol. The van der Waals surface area contributed by atoms with Gasteiger partial charge >= 0.3 is 5.97 Å². The first-order valence-electron chi connectivity index (χ1n) is 7.59. The maximum atomic E-state index is 13.4. The maximum absolute atomic E-state index is 13.4. The van der Waals surface area contributed by atoms with Gasteiger partial charge in [-0.1, -0.05) is 24.3 Å². The smallest absolute Gasteiger partial charge is 0.307 e.